The molecule has 0 saturated carbocycles. The number of aromatic nitrogens is 2. The number of carbonyl (C=O) groups is 1. The Labute approximate surface area is 149 Å². The molecule has 3 heterocycles. The Hall–Kier alpha value is -3.03. The number of H-pyrrole nitrogens is 1. The van der Waals surface area contributed by atoms with Crippen LogP contribution in [0.5, 0.6) is 17.2 Å². The van der Waals surface area contributed by atoms with Gasteiger partial charge in [-0.3, -0.25) is 9.59 Å². The fourth-order valence-electron chi connectivity index (χ4n) is 3.21. The fraction of sp³-hybridized carbons (Fsp3) is 0.389. The molecule has 0 radical (unpaired) electrons. The average Bonchev–Trinajstić information content (AvgIpc) is 3.08. The highest BCUT2D eigenvalue weighted by Crippen LogP contribution is 2.35. The highest BCUT2D eigenvalue weighted by atomic mass is 16.7. The molecule has 4 rings (SSSR count). The van der Waals surface area contributed by atoms with Crippen LogP contribution in [0.25, 0.3) is 0 Å². The molecule has 1 atom stereocenters. The predicted molar refractivity (Wildman–Crippen MR) is 91.4 cm³/mol. The molecular formula is C18H19N3O5. The van der Waals surface area contributed by atoms with E-state index in [-0.39, 0.29) is 18.3 Å². The number of aryl methyl sites for hydroxylation is 1. The molecular weight excluding hydrogens is 338 g/mol. The lowest BCUT2D eigenvalue weighted by molar-refractivity contribution is -0.139. The first-order valence-corrected chi connectivity index (χ1v) is 8.45. The van der Waals surface area contributed by atoms with Crippen LogP contribution in [0.4, 0.5) is 0 Å². The Morgan fingerprint density at radius 3 is 3.00 bits per heavy atom. The quantitative estimate of drug-likeness (QED) is 0.886. The second kappa shape index (κ2) is 6.36. The minimum Gasteiger partial charge on any atom is -0.481 e. The summed E-state index contributed by atoms with van der Waals surface area (Å²) in [5, 5.41) is 0. The van der Waals surface area contributed by atoms with Crippen molar-refractivity contribution in [2.24, 2.45) is 0 Å². The highest BCUT2D eigenvalue weighted by molar-refractivity contribution is 5.81. The van der Waals surface area contributed by atoms with Crippen molar-refractivity contribution < 1.29 is 19.0 Å². The van der Waals surface area contributed by atoms with Crippen LogP contribution in [0.2, 0.25) is 0 Å². The molecule has 2 aliphatic rings. The fourth-order valence-corrected chi connectivity index (χ4v) is 3.21. The SMILES string of the molecule is Cc1nc2c(c(=O)[nH]1)CCN(C(=O)[C@H](C)Oc1ccc3c(c1)OCO3)C2. The van der Waals surface area contributed by atoms with Crippen LogP contribution in [0.3, 0.4) is 0 Å². The summed E-state index contributed by atoms with van der Waals surface area (Å²) in [5.41, 5.74) is 1.19. The van der Waals surface area contributed by atoms with E-state index in [2.05, 4.69) is 9.97 Å². The van der Waals surface area contributed by atoms with Crippen molar-refractivity contribution in [2.75, 3.05) is 13.3 Å². The van der Waals surface area contributed by atoms with Crippen molar-refractivity contribution >= 4 is 5.91 Å². The van der Waals surface area contributed by atoms with Crippen LogP contribution >= 0.6 is 0 Å². The van der Waals surface area contributed by atoms with Crippen LogP contribution in [-0.2, 0) is 17.8 Å². The van der Waals surface area contributed by atoms with Gasteiger partial charge in [0.2, 0.25) is 6.79 Å². The molecule has 0 saturated heterocycles. The van der Waals surface area contributed by atoms with Crippen molar-refractivity contribution in [3.05, 3.63) is 45.6 Å². The van der Waals surface area contributed by atoms with Crippen LogP contribution in [0, 0.1) is 6.92 Å². The first kappa shape index (κ1) is 16.4. The Balaban J connectivity index is 1.46. The van der Waals surface area contributed by atoms with Gasteiger partial charge in [-0.2, -0.15) is 0 Å². The molecule has 1 aromatic carbocycles. The summed E-state index contributed by atoms with van der Waals surface area (Å²) in [6.07, 6.45) is -0.180. The van der Waals surface area contributed by atoms with Gasteiger partial charge in [-0.1, -0.05) is 0 Å². The molecule has 0 fully saturated rings. The van der Waals surface area contributed by atoms with Gasteiger partial charge in [0.05, 0.1) is 12.2 Å². The maximum Gasteiger partial charge on any atom is 0.263 e. The molecule has 0 aliphatic carbocycles. The molecule has 26 heavy (non-hydrogen) atoms. The van der Waals surface area contributed by atoms with E-state index in [1.54, 1.807) is 36.9 Å². The van der Waals surface area contributed by atoms with Crippen LogP contribution in [-0.4, -0.2) is 40.2 Å². The molecule has 8 heteroatoms. The molecule has 0 unspecified atom stereocenters. The first-order valence-electron chi connectivity index (χ1n) is 8.45. The molecule has 1 N–H and O–H groups in total. The Bertz CT molecular complexity index is 924. The third-order valence-electron chi connectivity index (χ3n) is 4.51. The second-order valence-electron chi connectivity index (χ2n) is 6.36. The number of amides is 1. The molecule has 0 spiro atoms. The van der Waals surface area contributed by atoms with Gasteiger partial charge in [-0.05, 0) is 32.4 Å². The van der Waals surface area contributed by atoms with Gasteiger partial charge < -0.3 is 24.1 Å². The van der Waals surface area contributed by atoms with E-state index in [0.29, 0.717) is 53.8 Å². The molecule has 2 aliphatic heterocycles. The van der Waals surface area contributed by atoms with E-state index in [1.807, 2.05) is 0 Å². The smallest absolute Gasteiger partial charge is 0.263 e. The molecule has 2 aromatic rings. The van der Waals surface area contributed by atoms with E-state index in [9.17, 15) is 9.59 Å². The van der Waals surface area contributed by atoms with Crippen LogP contribution < -0.4 is 19.8 Å². The summed E-state index contributed by atoms with van der Waals surface area (Å²) in [6, 6.07) is 5.21. The minimum absolute atomic E-state index is 0.121. The predicted octanol–water partition coefficient (Wildman–Crippen LogP) is 1.16. The van der Waals surface area contributed by atoms with Gasteiger partial charge in [0, 0.05) is 18.2 Å². The largest absolute Gasteiger partial charge is 0.481 e. The van der Waals surface area contributed by atoms with Gasteiger partial charge >= 0.3 is 0 Å². The Morgan fingerprint density at radius 1 is 1.35 bits per heavy atom. The number of nitrogens with one attached hydrogen (secondary N) is 1. The topological polar surface area (TPSA) is 93.8 Å². The van der Waals surface area contributed by atoms with Gasteiger partial charge in [0.25, 0.3) is 11.5 Å². The van der Waals surface area contributed by atoms with Crippen molar-refractivity contribution in [2.45, 2.75) is 32.9 Å². The number of hydrogen-bond acceptors (Lipinski definition) is 6. The number of fused-ring (bicyclic) bond motifs is 2. The van der Waals surface area contributed by atoms with Crippen molar-refractivity contribution in [3.8, 4) is 17.2 Å². The number of ether oxygens (including phenoxy) is 3. The van der Waals surface area contributed by atoms with Crippen LogP contribution in [0.15, 0.2) is 23.0 Å². The molecule has 0 bridgehead atoms. The van der Waals surface area contributed by atoms with Gasteiger partial charge in [0.1, 0.15) is 11.6 Å². The summed E-state index contributed by atoms with van der Waals surface area (Å²) in [7, 11) is 0. The van der Waals surface area contributed by atoms with Gasteiger partial charge in [-0.15, -0.1) is 0 Å². The number of benzene rings is 1. The summed E-state index contributed by atoms with van der Waals surface area (Å²) in [5.74, 6) is 2.21. The highest BCUT2D eigenvalue weighted by Gasteiger charge is 2.28. The number of nitrogens with zero attached hydrogens (tertiary/aromatic N) is 2. The summed E-state index contributed by atoms with van der Waals surface area (Å²) in [4.78, 5) is 33.5. The van der Waals surface area contributed by atoms with E-state index < -0.39 is 6.10 Å². The van der Waals surface area contributed by atoms with Crippen LogP contribution in [0.1, 0.15) is 24.0 Å². The van der Waals surface area contributed by atoms with Crippen molar-refractivity contribution in [3.63, 3.8) is 0 Å². The zero-order chi connectivity index (χ0) is 18.3. The molecule has 1 aromatic heterocycles. The number of carbonyl (C=O) groups excluding carboxylic acids is 1. The lowest BCUT2D eigenvalue weighted by atomic mass is 10.1. The summed E-state index contributed by atoms with van der Waals surface area (Å²) >= 11 is 0. The normalized spacial score (nSPS) is 16.2. The van der Waals surface area contributed by atoms with Crippen molar-refractivity contribution in [1.29, 1.82) is 0 Å². The second-order valence-corrected chi connectivity index (χ2v) is 6.36. The maximum atomic E-state index is 12.7. The summed E-state index contributed by atoms with van der Waals surface area (Å²) < 4.78 is 16.4. The maximum absolute atomic E-state index is 12.7. The Morgan fingerprint density at radius 2 is 2.15 bits per heavy atom. The minimum atomic E-state index is -0.667. The zero-order valence-electron chi connectivity index (χ0n) is 14.6. The molecule has 136 valence electrons. The molecule has 1 amide bonds. The lowest BCUT2D eigenvalue weighted by Gasteiger charge is -2.30. The van der Waals surface area contributed by atoms with E-state index in [1.165, 1.54) is 0 Å². The standard InChI is InChI=1S/C18H19N3O5/c1-10(26-12-3-4-15-16(7-12)25-9-24-15)18(23)21-6-5-13-14(8-21)19-11(2)20-17(13)22/h3-4,7,10H,5-6,8-9H2,1-2H3,(H,19,20,22)/t10-/m0/s1. The lowest BCUT2D eigenvalue weighted by Crippen LogP contribution is -2.44. The third kappa shape index (κ3) is 2.98. The Kier molecular flexibility index (Phi) is 4.02. The van der Waals surface area contributed by atoms with E-state index >= 15 is 0 Å². The summed E-state index contributed by atoms with van der Waals surface area (Å²) in [6.45, 7) is 4.40. The van der Waals surface area contributed by atoms with Crippen molar-refractivity contribution in [1.82, 2.24) is 14.9 Å². The molecule has 8 nitrogen and oxygen atoms in total. The van der Waals surface area contributed by atoms with E-state index in [4.69, 9.17) is 14.2 Å². The zero-order valence-corrected chi connectivity index (χ0v) is 14.6. The number of hydrogen-bond donors (Lipinski definition) is 1. The number of rotatable bonds is 3. The third-order valence-corrected chi connectivity index (χ3v) is 4.51. The average molecular weight is 357 g/mol. The number of aromatic amines is 1. The van der Waals surface area contributed by atoms with Gasteiger partial charge in [-0.25, -0.2) is 4.98 Å². The monoisotopic (exact) mass is 357 g/mol. The van der Waals surface area contributed by atoms with E-state index in [0.717, 1.165) is 0 Å². The first-order chi connectivity index (χ1) is 12.5. The van der Waals surface area contributed by atoms with Gasteiger partial charge in [0.15, 0.2) is 17.6 Å².